The summed E-state index contributed by atoms with van der Waals surface area (Å²) in [7, 11) is 0.101. The van der Waals surface area contributed by atoms with Crippen LogP contribution in [-0.4, -0.2) is 31.1 Å². The van der Waals surface area contributed by atoms with Crippen LogP contribution in [0.5, 0.6) is 5.75 Å². The van der Waals surface area contributed by atoms with E-state index in [1.54, 1.807) is 25.3 Å². The van der Waals surface area contributed by atoms with Gasteiger partial charge >= 0.3 is 7.12 Å². The van der Waals surface area contributed by atoms with Gasteiger partial charge in [-0.25, -0.2) is 0 Å². The lowest BCUT2D eigenvalue weighted by Crippen LogP contribution is -2.33. The molecule has 0 saturated carbocycles. The second kappa shape index (κ2) is 5.89. The van der Waals surface area contributed by atoms with Gasteiger partial charge in [-0.15, -0.1) is 0 Å². The van der Waals surface area contributed by atoms with Crippen molar-refractivity contribution in [3.8, 4) is 5.75 Å². The molecule has 1 rings (SSSR count). The van der Waals surface area contributed by atoms with E-state index in [9.17, 15) is 10.0 Å². The van der Waals surface area contributed by atoms with Gasteiger partial charge in [-0.2, -0.15) is 0 Å². The standard InChI is InChI=1S/C11H17BO4/c1-8(2)10-6-9(16-7-15-3)4-5-11(10)12(13)14/h4-6,8,13-14H,7H2,1-3H3. The van der Waals surface area contributed by atoms with Crippen LogP contribution in [0.15, 0.2) is 18.2 Å². The number of methoxy groups -OCH3 is 1. The van der Waals surface area contributed by atoms with Gasteiger partial charge in [0.15, 0.2) is 6.79 Å². The van der Waals surface area contributed by atoms with Crippen molar-refractivity contribution in [2.45, 2.75) is 19.8 Å². The Kier molecular flexibility index (Phi) is 4.80. The molecule has 0 fully saturated rings. The molecule has 0 aliphatic carbocycles. The summed E-state index contributed by atoms with van der Waals surface area (Å²) in [5, 5.41) is 18.4. The number of benzene rings is 1. The fourth-order valence-electron chi connectivity index (χ4n) is 1.50. The van der Waals surface area contributed by atoms with Crippen molar-refractivity contribution in [1.29, 1.82) is 0 Å². The Morgan fingerprint density at radius 2 is 2.00 bits per heavy atom. The first-order chi connectivity index (χ1) is 7.56. The van der Waals surface area contributed by atoms with Crippen LogP contribution in [0.2, 0.25) is 0 Å². The average molecular weight is 224 g/mol. The number of ether oxygens (including phenoxy) is 2. The van der Waals surface area contributed by atoms with Gasteiger partial charge in [-0.3, -0.25) is 0 Å². The molecule has 0 unspecified atom stereocenters. The van der Waals surface area contributed by atoms with Gasteiger partial charge in [0.05, 0.1) is 0 Å². The zero-order valence-corrected chi connectivity index (χ0v) is 9.80. The highest BCUT2D eigenvalue weighted by Crippen LogP contribution is 2.19. The van der Waals surface area contributed by atoms with Crippen molar-refractivity contribution in [3.05, 3.63) is 23.8 Å². The van der Waals surface area contributed by atoms with Crippen LogP contribution in [0.3, 0.4) is 0 Å². The summed E-state index contributed by atoms with van der Waals surface area (Å²) in [5.74, 6) is 0.859. The number of hydrogen-bond donors (Lipinski definition) is 2. The quantitative estimate of drug-likeness (QED) is 0.563. The maximum absolute atomic E-state index is 9.21. The van der Waals surface area contributed by atoms with Crippen LogP contribution in [0.25, 0.3) is 0 Å². The average Bonchev–Trinajstić information content (AvgIpc) is 2.25. The van der Waals surface area contributed by atoms with Gasteiger partial charge in [0.1, 0.15) is 5.75 Å². The molecule has 88 valence electrons. The Balaban J connectivity index is 2.98. The minimum Gasteiger partial charge on any atom is -0.468 e. The lowest BCUT2D eigenvalue weighted by Gasteiger charge is -2.14. The molecule has 1 aromatic rings. The summed E-state index contributed by atoms with van der Waals surface area (Å²) in [6.45, 7) is 4.15. The third-order valence-electron chi connectivity index (χ3n) is 2.30. The predicted octanol–water partition coefficient (Wildman–Crippen LogP) is 0.473. The van der Waals surface area contributed by atoms with Crippen molar-refractivity contribution in [1.82, 2.24) is 0 Å². The van der Waals surface area contributed by atoms with Crippen LogP contribution in [0, 0.1) is 0 Å². The maximum Gasteiger partial charge on any atom is 0.488 e. The molecule has 0 heterocycles. The highest BCUT2D eigenvalue weighted by atomic mass is 16.7. The summed E-state index contributed by atoms with van der Waals surface area (Å²) in [6.07, 6.45) is 0. The van der Waals surface area contributed by atoms with Crippen LogP contribution >= 0.6 is 0 Å². The van der Waals surface area contributed by atoms with Crippen molar-refractivity contribution in [3.63, 3.8) is 0 Å². The maximum atomic E-state index is 9.21. The van der Waals surface area contributed by atoms with E-state index in [1.165, 1.54) is 0 Å². The van der Waals surface area contributed by atoms with Crippen LogP contribution < -0.4 is 10.2 Å². The van der Waals surface area contributed by atoms with Crippen LogP contribution in [0.4, 0.5) is 0 Å². The third kappa shape index (κ3) is 3.23. The Morgan fingerprint density at radius 1 is 1.31 bits per heavy atom. The molecule has 0 aromatic heterocycles. The predicted molar refractivity (Wildman–Crippen MR) is 62.9 cm³/mol. The van der Waals surface area contributed by atoms with Gasteiger partial charge < -0.3 is 19.5 Å². The monoisotopic (exact) mass is 224 g/mol. The van der Waals surface area contributed by atoms with E-state index in [2.05, 4.69) is 0 Å². The van der Waals surface area contributed by atoms with E-state index in [0.29, 0.717) is 11.2 Å². The smallest absolute Gasteiger partial charge is 0.468 e. The highest BCUT2D eigenvalue weighted by Gasteiger charge is 2.18. The molecule has 1 aromatic carbocycles. The first kappa shape index (κ1) is 13.0. The molecule has 0 saturated heterocycles. The van der Waals surface area contributed by atoms with E-state index < -0.39 is 7.12 Å². The molecule has 4 nitrogen and oxygen atoms in total. The first-order valence-electron chi connectivity index (χ1n) is 5.18. The molecule has 0 bridgehead atoms. The summed E-state index contributed by atoms with van der Waals surface area (Å²) in [6, 6.07) is 5.16. The highest BCUT2D eigenvalue weighted by molar-refractivity contribution is 6.59. The molecule has 5 heteroatoms. The van der Waals surface area contributed by atoms with E-state index in [1.807, 2.05) is 13.8 Å². The van der Waals surface area contributed by atoms with Crippen LogP contribution in [-0.2, 0) is 4.74 Å². The fourth-order valence-corrected chi connectivity index (χ4v) is 1.50. The minimum absolute atomic E-state index is 0.179. The third-order valence-corrected chi connectivity index (χ3v) is 2.30. The van der Waals surface area contributed by atoms with Crippen molar-refractivity contribution in [2.75, 3.05) is 13.9 Å². The van der Waals surface area contributed by atoms with Crippen molar-refractivity contribution in [2.24, 2.45) is 0 Å². The molecule has 16 heavy (non-hydrogen) atoms. The molecule has 0 radical (unpaired) electrons. The van der Waals surface area contributed by atoms with Gasteiger partial charge in [0.25, 0.3) is 0 Å². The van der Waals surface area contributed by atoms with Gasteiger partial charge in [-0.1, -0.05) is 19.9 Å². The van der Waals surface area contributed by atoms with Crippen molar-refractivity contribution >= 4 is 12.6 Å². The zero-order valence-electron chi connectivity index (χ0n) is 9.80. The van der Waals surface area contributed by atoms with Crippen molar-refractivity contribution < 1.29 is 19.5 Å². The topological polar surface area (TPSA) is 58.9 Å². The minimum atomic E-state index is -1.45. The summed E-state index contributed by atoms with van der Waals surface area (Å²) >= 11 is 0. The molecule has 0 aliphatic rings. The van der Waals surface area contributed by atoms with Crippen LogP contribution in [0.1, 0.15) is 25.3 Å². The molecule has 0 atom stereocenters. The van der Waals surface area contributed by atoms with Gasteiger partial charge in [-0.05, 0) is 29.1 Å². The Bertz CT molecular complexity index is 339. The Labute approximate surface area is 96.0 Å². The summed E-state index contributed by atoms with van der Waals surface area (Å²) < 4.78 is 10.1. The normalized spacial score (nSPS) is 10.6. The lowest BCUT2D eigenvalue weighted by atomic mass is 9.74. The van der Waals surface area contributed by atoms with E-state index in [0.717, 1.165) is 5.56 Å². The SMILES string of the molecule is COCOc1ccc(B(O)O)c(C(C)C)c1. The second-order valence-electron chi connectivity index (χ2n) is 3.87. The molecule has 0 amide bonds. The fraction of sp³-hybridized carbons (Fsp3) is 0.455. The zero-order chi connectivity index (χ0) is 12.1. The lowest BCUT2D eigenvalue weighted by molar-refractivity contribution is 0.0511. The largest absolute Gasteiger partial charge is 0.488 e. The molecular formula is C11H17BO4. The summed E-state index contributed by atoms with van der Waals surface area (Å²) in [4.78, 5) is 0. The van der Waals surface area contributed by atoms with E-state index in [-0.39, 0.29) is 12.7 Å². The molecular weight excluding hydrogens is 207 g/mol. The first-order valence-corrected chi connectivity index (χ1v) is 5.18. The second-order valence-corrected chi connectivity index (χ2v) is 3.87. The summed E-state index contributed by atoms with van der Waals surface area (Å²) in [5.41, 5.74) is 1.38. The molecule has 2 N–H and O–H groups in total. The van der Waals surface area contributed by atoms with Gasteiger partial charge in [0.2, 0.25) is 0 Å². The Hall–Kier alpha value is -1.04. The molecule has 0 spiro atoms. The Morgan fingerprint density at radius 3 is 2.50 bits per heavy atom. The van der Waals surface area contributed by atoms with E-state index >= 15 is 0 Å². The number of rotatable bonds is 5. The van der Waals surface area contributed by atoms with E-state index in [4.69, 9.17) is 9.47 Å². The number of hydrogen-bond acceptors (Lipinski definition) is 4. The van der Waals surface area contributed by atoms with Gasteiger partial charge in [0, 0.05) is 7.11 Å². The molecule has 0 aliphatic heterocycles.